The molecular weight excluding hydrogens is 279 g/mol. The molecule has 0 amide bonds. The molecule has 0 bridgehead atoms. The topological polar surface area (TPSA) is 16.1 Å². The Balaban J connectivity index is 2.05. The number of piperidine rings is 1. The van der Waals surface area contributed by atoms with Gasteiger partial charge in [-0.15, -0.1) is 11.6 Å². The third-order valence-electron chi connectivity index (χ3n) is 4.11. The van der Waals surface area contributed by atoms with Crippen LogP contribution in [0.1, 0.15) is 39.2 Å². The number of nitrogens with zero attached hydrogens (tertiary/aromatic N) is 2. The number of aromatic nitrogens is 1. The number of hydrogen-bond donors (Lipinski definition) is 0. The lowest BCUT2D eigenvalue weighted by molar-refractivity contribution is 0.198. The van der Waals surface area contributed by atoms with E-state index in [1.807, 2.05) is 6.07 Å². The molecule has 0 saturated carbocycles. The summed E-state index contributed by atoms with van der Waals surface area (Å²) in [5.74, 6) is 2.24. The average molecular weight is 301 g/mol. The minimum atomic E-state index is 0.404. The number of hydrogen-bond acceptors (Lipinski definition) is 2. The molecule has 1 aliphatic rings. The zero-order chi connectivity index (χ0) is 14.0. The van der Waals surface area contributed by atoms with Gasteiger partial charge in [0.05, 0.1) is 5.02 Å². The molecule has 2 rings (SSSR count). The summed E-state index contributed by atoms with van der Waals surface area (Å²) in [6, 6.07) is 2.02. The van der Waals surface area contributed by atoms with Gasteiger partial charge in [0.15, 0.2) is 0 Å². The van der Waals surface area contributed by atoms with Crippen molar-refractivity contribution in [1.29, 1.82) is 0 Å². The molecule has 4 heteroatoms. The minimum absolute atomic E-state index is 0.404. The summed E-state index contributed by atoms with van der Waals surface area (Å²) in [6.45, 7) is 9.13. The van der Waals surface area contributed by atoms with Gasteiger partial charge in [0.1, 0.15) is 5.82 Å². The molecule has 0 spiro atoms. The maximum atomic E-state index is 6.05. The zero-order valence-corrected chi connectivity index (χ0v) is 13.4. The lowest BCUT2D eigenvalue weighted by atomic mass is 9.75. The van der Waals surface area contributed by atoms with Gasteiger partial charge in [0.25, 0.3) is 0 Å². The molecule has 0 aliphatic carbocycles. The lowest BCUT2D eigenvalue weighted by Gasteiger charge is -2.39. The van der Waals surface area contributed by atoms with E-state index in [4.69, 9.17) is 23.2 Å². The second-order valence-electron chi connectivity index (χ2n) is 6.39. The minimum Gasteiger partial charge on any atom is -0.357 e. The van der Waals surface area contributed by atoms with Crippen LogP contribution in [0.15, 0.2) is 12.3 Å². The van der Waals surface area contributed by atoms with Crippen LogP contribution in [0.3, 0.4) is 0 Å². The van der Waals surface area contributed by atoms with Crippen LogP contribution in [0.2, 0.25) is 5.02 Å². The van der Waals surface area contributed by atoms with Crippen molar-refractivity contribution in [2.45, 2.75) is 39.5 Å². The number of anilines is 1. The monoisotopic (exact) mass is 300 g/mol. The van der Waals surface area contributed by atoms with E-state index in [1.165, 1.54) is 12.8 Å². The summed E-state index contributed by atoms with van der Waals surface area (Å²) in [5, 5.41) is 0.656. The Bertz CT molecular complexity index is 432. The quantitative estimate of drug-likeness (QED) is 0.734. The normalized spacial score (nSPS) is 17.8. The maximum absolute atomic E-state index is 6.05. The highest BCUT2D eigenvalue weighted by molar-refractivity contribution is 6.32. The Morgan fingerprint density at radius 1 is 1.32 bits per heavy atom. The van der Waals surface area contributed by atoms with Crippen molar-refractivity contribution in [3.8, 4) is 0 Å². The van der Waals surface area contributed by atoms with E-state index in [2.05, 4.69) is 30.7 Å². The number of halogens is 2. The molecule has 1 aliphatic heterocycles. The first-order valence-corrected chi connectivity index (χ1v) is 7.78. The van der Waals surface area contributed by atoms with Gasteiger partial charge < -0.3 is 4.90 Å². The molecule has 1 aromatic heterocycles. The van der Waals surface area contributed by atoms with Crippen molar-refractivity contribution in [2.24, 2.45) is 11.3 Å². The summed E-state index contributed by atoms with van der Waals surface area (Å²) in [5.41, 5.74) is 1.37. The standard InChI is InChI=1S/C15H22Cl2N2/c1-15(2,3)12-4-6-19(7-5-12)14-8-11(9-16)13(17)10-18-14/h8,10,12H,4-7,9H2,1-3H3. The first-order valence-electron chi connectivity index (χ1n) is 6.87. The van der Waals surface area contributed by atoms with E-state index in [0.29, 0.717) is 16.3 Å². The molecule has 1 aromatic rings. The highest BCUT2D eigenvalue weighted by atomic mass is 35.5. The summed E-state index contributed by atoms with van der Waals surface area (Å²) in [6.07, 6.45) is 4.17. The van der Waals surface area contributed by atoms with Gasteiger partial charge in [0, 0.05) is 25.2 Å². The Hall–Kier alpha value is -0.470. The summed E-state index contributed by atoms with van der Waals surface area (Å²) >= 11 is 11.9. The summed E-state index contributed by atoms with van der Waals surface area (Å²) in [4.78, 5) is 6.77. The van der Waals surface area contributed by atoms with Crippen LogP contribution in [0, 0.1) is 11.3 Å². The smallest absolute Gasteiger partial charge is 0.128 e. The van der Waals surface area contributed by atoms with Crippen LogP contribution < -0.4 is 4.90 Å². The number of rotatable bonds is 2. The van der Waals surface area contributed by atoms with Crippen molar-refractivity contribution in [3.63, 3.8) is 0 Å². The first kappa shape index (κ1) is 14.9. The van der Waals surface area contributed by atoms with E-state index in [-0.39, 0.29) is 0 Å². The van der Waals surface area contributed by atoms with Crippen molar-refractivity contribution in [1.82, 2.24) is 4.98 Å². The average Bonchev–Trinajstić information content (AvgIpc) is 2.38. The predicted octanol–water partition coefficient (Wildman–Crippen LogP) is 4.74. The first-order chi connectivity index (χ1) is 8.91. The van der Waals surface area contributed by atoms with E-state index < -0.39 is 0 Å². The Morgan fingerprint density at radius 2 is 1.95 bits per heavy atom. The molecule has 1 saturated heterocycles. The maximum Gasteiger partial charge on any atom is 0.128 e. The molecule has 0 aromatic carbocycles. The summed E-state index contributed by atoms with van der Waals surface area (Å²) < 4.78 is 0. The highest BCUT2D eigenvalue weighted by Crippen LogP contribution is 2.35. The van der Waals surface area contributed by atoms with Crippen LogP contribution >= 0.6 is 23.2 Å². The van der Waals surface area contributed by atoms with Crippen molar-refractivity contribution in [2.75, 3.05) is 18.0 Å². The van der Waals surface area contributed by atoms with Crippen molar-refractivity contribution < 1.29 is 0 Å². The number of pyridine rings is 1. The van der Waals surface area contributed by atoms with Gasteiger partial charge in [-0.05, 0) is 35.8 Å². The molecule has 0 unspecified atom stereocenters. The van der Waals surface area contributed by atoms with Crippen LogP contribution in [-0.4, -0.2) is 18.1 Å². The Labute approximate surface area is 126 Å². The van der Waals surface area contributed by atoms with Crippen molar-refractivity contribution in [3.05, 3.63) is 22.8 Å². The highest BCUT2D eigenvalue weighted by Gasteiger charge is 2.29. The van der Waals surface area contributed by atoms with Gasteiger partial charge in [-0.25, -0.2) is 4.98 Å². The van der Waals surface area contributed by atoms with E-state index in [9.17, 15) is 0 Å². The predicted molar refractivity (Wildman–Crippen MR) is 83.2 cm³/mol. The van der Waals surface area contributed by atoms with E-state index in [0.717, 1.165) is 30.4 Å². The summed E-state index contributed by atoms with van der Waals surface area (Å²) in [7, 11) is 0. The van der Waals surface area contributed by atoms with Crippen LogP contribution in [0.25, 0.3) is 0 Å². The molecular formula is C15H22Cl2N2. The molecule has 0 N–H and O–H groups in total. The third kappa shape index (κ3) is 3.55. The fraction of sp³-hybridized carbons (Fsp3) is 0.667. The largest absolute Gasteiger partial charge is 0.357 e. The fourth-order valence-electron chi connectivity index (χ4n) is 2.72. The second kappa shape index (κ2) is 5.88. The van der Waals surface area contributed by atoms with E-state index in [1.54, 1.807) is 6.20 Å². The molecule has 1 fully saturated rings. The van der Waals surface area contributed by atoms with Gasteiger partial charge >= 0.3 is 0 Å². The van der Waals surface area contributed by atoms with Crippen LogP contribution in [0.4, 0.5) is 5.82 Å². The third-order valence-corrected chi connectivity index (χ3v) is 4.74. The molecule has 0 radical (unpaired) electrons. The fourth-order valence-corrected chi connectivity index (χ4v) is 3.18. The lowest BCUT2D eigenvalue weighted by Crippen LogP contribution is -2.38. The molecule has 2 nitrogen and oxygen atoms in total. The Kier molecular flexibility index (Phi) is 4.62. The van der Waals surface area contributed by atoms with Gasteiger partial charge in [-0.2, -0.15) is 0 Å². The Morgan fingerprint density at radius 3 is 2.47 bits per heavy atom. The van der Waals surface area contributed by atoms with Crippen LogP contribution in [0.5, 0.6) is 0 Å². The van der Waals surface area contributed by atoms with Crippen molar-refractivity contribution >= 4 is 29.0 Å². The molecule has 106 valence electrons. The van der Waals surface area contributed by atoms with Gasteiger partial charge in [-0.1, -0.05) is 32.4 Å². The van der Waals surface area contributed by atoms with Gasteiger partial charge in [-0.3, -0.25) is 0 Å². The second-order valence-corrected chi connectivity index (χ2v) is 7.07. The molecule has 0 atom stereocenters. The molecule has 2 heterocycles. The van der Waals surface area contributed by atoms with Gasteiger partial charge in [0.2, 0.25) is 0 Å². The zero-order valence-electron chi connectivity index (χ0n) is 11.9. The number of alkyl halides is 1. The van der Waals surface area contributed by atoms with Crippen LogP contribution in [-0.2, 0) is 5.88 Å². The SMILES string of the molecule is CC(C)(C)C1CCN(c2cc(CCl)c(Cl)cn2)CC1. The molecule has 19 heavy (non-hydrogen) atoms. The van der Waals surface area contributed by atoms with E-state index >= 15 is 0 Å².